The number of hydrogen-bond donors (Lipinski definition) is 2. The third-order valence-electron chi connectivity index (χ3n) is 3.00. The molecule has 0 saturated heterocycles. The third-order valence-corrected chi connectivity index (χ3v) is 3.00. The van der Waals surface area contributed by atoms with Crippen LogP contribution in [0.4, 0.5) is 5.69 Å². The maximum atomic E-state index is 5.74. The standard InChI is InChI=1S/C13H20N2/c1-10(14)3-2-4-11-5-6-13-12(9-11)7-8-15-13/h5-6,9-10,15H,2-4,7-8,14H2,1H3. The SMILES string of the molecule is CC(N)CCCc1ccc2c(c1)CCN2. The van der Waals surface area contributed by atoms with Crippen LogP contribution in [0.15, 0.2) is 18.2 Å². The molecule has 0 spiro atoms. The maximum absolute atomic E-state index is 5.74. The second-order valence-corrected chi connectivity index (χ2v) is 4.54. The molecule has 1 aromatic carbocycles. The third kappa shape index (κ3) is 2.72. The Labute approximate surface area is 91.9 Å². The molecule has 15 heavy (non-hydrogen) atoms. The van der Waals surface area contributed by atoms with E-state index >= 15 is 0 Å². The second kappa shape index (κ2) is 4.67. The first-order valence-corrected chi connectivity index (χ1v) is 5.87. The van der Waals surface area contributed by atoms with Gasteiger partial charge in [-0.05, 0) is 49.8 Å². The van der Waals surface area contributed by atoms with Gasteiger partial charge in [0.05, 0.1) is 0 Å². The molecule has 1 aliphatic heterocycles. The molecule has 1 atom stereocenters. The number of aryl methyl sites for hydroxylation is 1. The smallest absolute Gasteiger partial charge is 0.0373 e. The Morgan fingerprint density at radius 2 is 2.33 bits per heavy atom. The molecule has 0 bridgehead atoms. The Bertz CT molecular complexity index is 331. The van der Waals surface area contributed by atoms with Crippen molar-refractivity contribution in [2.75, 3.05) is 11.9 Å². The molecular formula is C13H20N2. The Hall–Kier alpha value is -1.02. The predicted octanol–water partition coefficient (Wildman–Crippen LogP) is 2.32. The molecule has 0 radical (unpaired) electrons. The molecule has 1 heterocycles. The summed E-state index contributed by atoms with van der Waals surface area (Å²) in [5.41, 5.74) is 10.00. The molecule has 2 rings (SSSR count). The molecular weight excluding hydrogens is 184 g/mol. The molecule has 82 valence electrons. The monoisotopic (exact) mass is 204 g/mol. The van der Waals surface area contributed by atoms with Crippen LogP contribution in [-0.4, -0.2) is 12.6 Å². The Balaban J connectivity index is 1.92. The summed E-state index contributed by atoms with van der Waals surface area (Å²) in [6, 6.07) is 7.12. The van der Waals surface area contributed by atoms with Gasteiger partial charge in [0.2, 0.25) is 0 Å². The summed E-state index contributed by atoms with van der Waals surface area (Å²) in [5.74, 6) is 0. The molecule has 3 N–H and O–H groups in total. The van der Waals surface area contributed by atoms with Crippen LogP contribution >= 0.6 is 0 Å². The highest BCUT2D eigenvalue weighted by Gasteiger charge is 2.09. The van der Waals surface area contributed by atoms with Gasteiger partial charge in [0.15, 0.2) is 0 Å². The zero-order valence-electron chi connectivity index (χ0n) is 9.42. The van der Waals surface area contributed by atoms with E-state index in [4.69, 9.17) is 5.73 Å². The largest absolute Gasteiger partial charge is 0.384 e. The molecule has 2 heteroatoms. The topological polar surface area (TPSA) is 38.0 Å². The fourth-order valence-electron chi connectivity index (χ4n) is 2.14. The Morgan fingerprint density at radius 1 is 1.47 bits per heavy atom. The van der Waals surface area contributed by atoms with Crippen molar-refractivity contribution in [3.05, 3.63) is 29.3 Å². The minimum atomic E-state index is 0.334. The first-order valence-electron chi connectivity index (χ1n) is 5.87. The van der Waals surface area contributed by atoms with Gasteiger partial charge in [-0.1, -0.05) is 12.1 Å². The van der Waals surface area contributed by atoms with Gasteiger partial charge >= 0.3 is 0 Å². The van der Waals surface area contributed by atoms with Gasteiger partial charge in [-0.2, -0.15) is 0 Å². The van der Waals surface area contributed by atoms with Crippen molar-refractivity contribution in [1.82, 2.24) is 0 Å². The number of benzene rings is 1. The first-order chi connectivity index (χ1) is 7.25. The fourth-order valence-corrected chi connectivity index (χ4v) is 2.14. The average molecular weight is 204 g/mol. The van der Waals surface area contributed by atoms with Crippen LogP contribution in [0.5, 0.6) is 0 Å². The van der Waals surface area contributed by atoms with Crippen molar-refractivity contribution < 1.29 is 0 Å². The summed E-state index contributed by atoms with van der Waals surface area (Å²) in [4.78, 5) is 0. The van der Waals surface area contributed by atoms with Gasteiger partial charge in [-0.25, -0.2) is 0 Å². The number of nitrogens with one attached hydrogen (secondary N) is 1. The molecule has 1 aromatic rings. The zero-order valence-corrected chi connectivity index (χ0v) is 9.42. The van der Waals surface area contributed by atoms with Crippen molar-refractivity contribution in [1.29, 1.82) is 0 Å². The number of anilines is 1. The Morgan fingerprint density at radius 3 is 3.13 bits per heavy atom. The Kier molecular flexibility index (Phi) is 3.27. The van der Waals surface area contributed by atoms with Crippen molar-refractivity contribution in [2.24, 2.45) is 5.73 Å². The number of nitrogens with two attached hydrogens (primary N) is 1. The van der Waals surface area contributed by atoms with Crippen molar-refractivity contribution >= 4 is 5.69 Å². The minimum absolute atomic E-state index is 0.334. The minimum Gasteiger partial charge on any atom is -0.384 e. The molecule has 0 saturated carbocycles. The van der Waals surface area contributed by atoms with E-state index in [0.29, 0.717) is 6.04 Å². The first kappa shape index (κ1) is 10.5. The normalized spacial score (nSPS) is 15.9. The van der Waals surface area contributed by atoms with Crippen LogP contribution in [-0.2, 0) is 12.8 Å². The summed E-state index contributed by atoms with van der Waals surface area (Å²) in [6.45, 7) is 3.17. The van der Waals surface area contributed by atoms with Gasteiger partial charge in [0, 0.05) is 18.3 Å². The van der Waals surface area contributed by atoms with E-state index in [9.17, 15) is 0 Å². The van der Waals surface area contributed by atoms with Crippen molar-refractivity contribution in [3.63, 3.8) is 0 Å². The maximum Gasteiger partial charge on any atom is 0.0373 e. The van der Waals surface area contributed by atoms with E-state index in [0.717, 1.165) is 19.4 Å². The van der Waals surface area contributed by atoms with E-state index in [-0.39, 0.29) is 0 Å². The quantitative estimate of drug-likeness (QED) is 0.790. The second-order valence-electron chi connectivity index (χ2n) is 4.54. The van der Waals surface area contributed by atoms with Crippen LogP contribution < -0.4 is 11.1 Å². The molecule has 1 unspecified atom stereocenters. The lowest BCUT2D eigenvalue weighted by molar-refractivity contribution is 0.624. The van der Waals surface area contributed by atoms with Gasteiger partial charge in [-0.3, -0.25) is 0 Å². The van der Waals surface area contributed by atoms with E-state index < -0.39 is 0 Å². The summed E-state index contributed by atoms with van der Waals surface area (Å²) in [7, 11) is 0. The molecule has 0 aliphatic carbocycles. The highest BCUT2D eigenvalue weighted by Crippen LogP contribution is 2.23. The lowest BCUT2D eigenvalue weighted by atomic mass is 10.0. The number of rotatable bonds is 4. The lowest BCUT2D eigenvalue weighted by Gasteiger charge is -2.06. The van der Waals surface area contributed by atoms with E-state index in [1.807, 2.05) is 0 Å². The highest BCUT2D eigenvalue weighted by molar-refractivity contribution is 5.56. The summed E-state index contributed by atoms with van der Waals surface area (Å²) < 4.78 is 0. The van der Waals surface area contributed by atoms with Gasteiger partial charge in [0.1, 0.15) is 0 Å². The molecule has 0 amide bonds. The van der Waals surface area contributed by atoms with Gasteiger partial charge < -0.3 is 11.1 Å². The van der Waals surface area contributed by atoms with Gasteiger partial charge in [0.25, 0.3) is 0 Å². The van der Waals surface area contributed by atoms with Crippen LogP contribution in [0.1, 0.15) is 30.9 Å². The van der Waals surface area contributed by atoms with Crippen LogP contribution in [0, 0.1) is 0 Å². The summed E-state index contributed by atoms with van der Waals surface area (Å²) in [5, 5.41) is 3.38. The molecule has 2 nitrogen and oxygen atoms in total. The van der Waals surface area contributed by atoms with Crippen molar-refractivity contribution in [2.45, 2.75) is 38.6 Å². The molecule has 0 aromatic heterocycles. The number of hydrogen-bond acceptors (Lipinski definition) is 2. The fraction of sp³-hybridized carbons (Fsp3) is 0.538. The van der Waals surface area contributed by atoms with Crippen LogP contribution in [0.2, 0.25) is 0 Å². The van der Waals surface area contributed by atoms with Crippen LogP contribution in [0.3, 0.4) is 0 Å². The van der Waals surface area contributed by atoms with E-state index in [2.05, 4.69) is 30.4 Å². The molecule has 1 aliphatic rings. The average Bonchev–Trinajstić information content (AvgIpc) is 2.64. The summed E-state index contributed by atoms with van der Waals surface area (Å²) >= 11 is 0. The lowest BCUT2D eigenvalue weighted by Crippen LogP contribution is -2.14. The summed E-state index contributed by atoms with van der Waals surface area (Å²) in [6.07, 6.45) is 4.66. The van der Waals surface area contributed by atoms with Crippen LogP contribution in [0.25, 0.3) is 0 Å². The van der Waals surface area contributed by atoms with E-state index in [1.165, 1.54) is 29.7 Å². The zero-order chi connectivity index (χ0) is 10.7. The van der Waals surface area contributed by atoms with Gasteiger partial charge in [-0.15, -0.1) is 0 Å². The molecule has 0 fully saturated rings. The number of fused-ring (bicyclic) bond motifs is 1. The van der Waals surface area contributed by atoms with E-state index in [1.54, 1.807) is 0 Å². The predicted molar refractivity (Wildman–Crippen MR) is 65.2 cm³/mol. The van der Waals surface area contributed by atoms with Crippen molar-refractivity contribution in [3.8, 4) is 0 Å². The highest BCUT2D eigenvalue weighted by atomic mass is 14.9.